The monoisotopic (exact) mass is 192 g/mol. The molecule has 14 heavy (non-hydrogen) atoms. The quantitative estimate of drug-likeness (QED) is 0.680. The molecule has 2 aromatic rings. The summed E-state index contributed by atoms with van der Waals surface area (Å²) < 4.78 is 3.26. The Balaban J connectivity index is 2.93. The summed E-state index contributed by atoms with van der Waals surface area (Å²) in [4.78, 5) is 11.6. The van der Waals surface area contributed by atoms with Crippen molar-refractivity contribution in [3.8, 4) is 0 Å². The van der Waals surface area contributed by atoms with E-state index in [1.165, 1.54) is 10.6 Å². The maximum atomic E-state index is 11.6. The number of hydrogen-bond donors (Lipinski definition) is 1. The molecule has 0 spiro atoms. The lowest BCUT2D eigenvalue weighted by Gasteiger charge is -2.07. The Hall–Kier alpha value is -1.62. The molecule has 74 valence electrons. The van der Waals surface area contributed by atoms with Gasteiger partial charge in [0.1, 0.15) is 5.65 Å². The van der Waals surface area contributed by atoms with E-state index in [0.29, 0.717) is 6.54 Å². The van der Waals surface area contributed by atoms with E-state index in [0.717, 1.165) is 17.0 Å². The highest BCUT2D eigenvalue weighted by Crippen LogP contribution is 2.04. The van der Waals surface area contributed by atoms with Crippen molar-refractivity contribution in [2.45, 2.75) is 13.5 Å². The van der Waals surface area contributed by atoms with Crippen molar-refractivity contribution >= 4 is 5.65 Å². The van der Waals surface area contributed by atoms with E-state index >= 15 is 0 Å². The van der Waals surface area contributed by atoms with Crippen molar-refractivity contribution in [2.75, 3.05) is 0 Å². The molecule has 0 saturated carbocycles. The topological polar surface area (TPSA) is 65.3 Å². The fourth-order valence-electron chi connectivity index (χ4n) is 1.53. The highest BCUT2D eigenvalue weighted by Gasteiger charge is 2.06. The summed E-state index contributed by atoms with van der Waals surface area (Å²) in [5.41, 5.74) is 7.80. The number of rotatable bonds is 1. The van der Waals surface area contributed by atoms with Crippen molar-refractivity contribution in [1.29, 1.82) is 0 Å². The van der Waals surface area contributed by atoms with Crippen LogP contribution in [0.25, 0.3) is 5.65 Å². The molecule has 0 unspecified atom stereocenters. The molecule has 0 fully saturated rings. The van der Waals surface area contributed by atoms with Gasteiger partial charge in [-0.15, -0.1) is 0 Å². The third kappa shape index (κ3) is 1.13. The minimum Gasteiger partial charge on any atom is -0.331 e. The van der Waals surface area contributed by atoms with Gasteiger partial charge >= 0.3 is 0 Å². The smallest absolute Gasteiger partial charge is 0.274 e. The van der Waals surface area contributed by atoms with Crippen LogP contribution in [0.5, 0.6) is 0 Å². The first-order valence-corrected chi connectivity index (χ1v) is 4.39. The Morgan fingerprint density at radius 2 is 2.21 bits per heavy atom. The average molecular weight is 192 g/mol. The number of nitrogens with two attached hydrogens (primary N) is 1. The fourth-order valence-corrected chi connectivity index (χ4v) is 1.53. The van der Waals surface area contributed by atoms with Crippen LogP contribution in [0.15, 0.2) is 16.9 Å². The Labute approximate surface area is 80.8 Å². The minimum atomic E-state index is -0.133. The standard InChI is InChI=1S/C9H12N4O/c1-6-3-8-12(2)7(5-10)4-9(14)13(8)11-6/h3-4H,5,10H2,1-2H3. The molecule has 0 aliphatic carbocycles. The number of hydrogen-bond acceptors (Lipinski definition) is 3. The molecular formula is C9H12N4O. The molecular weight excluding hydrogens is 180 g/mol. The first-order valence-electron chi connectivity index (χ1n) is 4.39. The zero-order valence-electron chi connectivity index (χ0n) is 8.19. The van der Waals surface area contributed by atoms with Crippen LogP contribution in [0.1, 0.15) is 11.4 Å². The maximum Gasteiger partial charge on any atom is 0.274 e. The van der Waals surface area contributed by atoms with Gasteiger partial charge in [-0.1, -0.05) is 0 Å². The van der Waals surface area contributed by atoms with Gasteiger partial charge in [-0.3, -0.25) is 4.79 Å². The summed E-state index contributed by atoms with van der Waals surface area (Å²) in [5.74, 6) is 0. The lowest BCUT2D eigenvalue weighted by molar-refractivity contribution is 0.762. The molecule has 0 aliphatic heterocycles. The largest absolute Gasteiger partial charge is 0.331 e. The molecule has 0 bridgehead atoms. The van der Waals surface area contributed by atoms with E-state index < -0.39 is 0 Å². The SMILES string of the molecule is Cc1cc2n(C)c(CN)cc(=O)n2n1. The van der Waals surface area contributed by atoms with Crippen molar-refractivity contribution < 1.29 is 0 Å². The van der Waals surface area contributed by atoms with Gasteiger partial charge in [0.25, 0.3) is 5.56 Å². The Kier molecular flexibility index (Phi) is 1.89. The van der Waals surface area contributed by atoms with Crippen LogP contribution in [-0.2, 0) is 13.6 Å². The molecule has 0 aromatic carbocycles. The van der Waals surface area contributed by atoms with Crippen LogP contribution in [0.4, 0.5) is 0 Å². The highest BCUT2D eigenvalue weighted by molar-refractivity contribution is 5.41. The molecule has 2 N–H and O–H groups in total. The van der Waals surface area contributed by atoms with Gasteiger partial charge < -0.3 is 10.3 Å². The van der Waals surface area contributed by atoms with Gasteiger partial charge in [-0.25, -0.2) is 0 Å². The lowest BCUT2D eigenvalue weighted by atomic mass is 10.4. The summed E-state index contributed by atoms with van der Waals surface area (Å²) in [6.45, 7) is 2.21. The summed E-state index contributed by atoms with van der Waals surface area (Å²) in [5, 5.41) is 4.09. The summed E-state index contributed by atoms with van der Waals surface area (Å²) >= 11 is 0. The highest BCUT2D eigenvalue weighted by atomic mass is 16.1. The molecule has 2 rings (SSSR count). The van der Waals surface area contributed by atoms with Gasteiger partial charge in [-0.2, -0.15) is 9.61 Å². The van der Waals surface area contributed by atoms with E-state index in [9.17, 15) is 4.79 Å². The molecule has 0 saturated heterocycles. The average Bonchev–Trinajstić information content (AvgIpc) is 2.54. The van der Waals surface area contributed by atoms with Gasteiger partial charge in [-0.05, 0) is 6.92 Å². The zero-order chi connectivity index (χ0) is 10.3. The van der Waals surface area contributed by atoms with E-state index in [-0.39, 0.29) is 5.56 Å². The van der Waals surface area contributed by atoms with Gasteiger partial charge in [0.05, 0.1) is 5.69 Å². The third-order valence-electron chi connectivity index (χ3n) is 2.30. The number of nitrogens with zero attached hydrogens (tertiary/aromatic N) is 3. The Bertz CT molecular complexity index is 537. The van der Waals surface area contributed by atoms with Crippen LogP contribution in [-0.4, -0.2) is 14.2 Å². The van der Waals surface area contributed by atoms with Crippen LogP contribution in [0.2, 0.25) is 0 Å². The number of aromatic nitrogens is 3. The molecule has 2 aromatic heterocycles. The molecule has 0 aliphatic rings. The summed E-state index contributed by atoms with van der Waals surface area (Å²) in [6.07, 6.45) is 0. The van der Waals surface area contributed by atoms with Crippen molar-refractivity contribution in [3.63, 3.8) is 0 Å². The van der Waals surface area contributed by atoms with Crippen molar-refractivity contribution in [2.24, 2.45) is 12.8 Å². The third-order valence-corrected chi connectivity index (χ3v) is 2.30. The summed E-state index contributed by atoms with van der Waals surface area (Å²) in [7, 11) is 1.87. The van der Waals surface area contributed by atoms with Gasteiger partial charge in [0, 0.05) is 31.4 Å². The van der Waals surface area contributed by atoms with Gasteiger partial charge in [0.15, 0.2) is 0 Å². The zero-order valence-corrected chi connectivity index (χ0v) is 8.19. The van der Waals surface area contributed by atoms with Crippen molar-refractivity contribution in [1.82, 2.24) is 14.2 Å². The second kappa shape index (κ2) is 2.95. The lowest BCUT2D eigenvalue weighted by Crippen LogP contribution is -2.21. The Morgan fingerprint density at radius 1 is 1.50 bits per heavy atom. The maximum absolute atomic E-state index is 11.6. The molecule has 5 heteroatoms. The van der Waals surface area contributed by atoms with Crippen LogP contribution < -0.4 is 11.3 Å². The fraction of sp³-hybridized carbons (Fsp3) is 0.333. The van der Waals surface area contributed by atoms with Crippen LogP contribution >= 0.6 is 0 Å². The summed E-state index contributed by atoms with van der Waals surface area (Å²) in [6, 6.07) is 3.38. The van der Waals surface area contributed by atoms with Crippen LogP contribution in [0.3, 0.4) is 0 Å². The van der Waals surface area contributed by atoms with Crippen molar-refractivity contribution in [3.05, 3.63) is 33.9 Å². The second-order valence-electron chi connectivity index (χ2n) is 3.29. The normalized spacial score (nSPS) is 11.1. The molecule has 0 radical (unpaired) electrons. The van der Waals surface area contributed by atoms with E-state index in [1.54, 1.807) is 0 Å². The second-order valence-corrected chi connectivity index (χ2v) is 3.29. The predicted octanol–water partition coefficient (Wildman–Crippen LogP) is -0.200. The number of aryl methyl sites for hydroxylation is 2. The molecule has 0 atom stereocenters. The van der Waals surface area contributed by atoms with E-state index in [2.05, 4.69) is 5.10 Å². The number of fused-ring (bicyclic) bond motifs is 1. The van der Waals surface area contributed by atoms with Gasteiger partial charge in [0.2, 0.25) is 0 Å². The molecule has 2 heterocycles. The van der Waals surface area contributed by atoms with E-state index in [4.69, 9.17) is 5.73 Å². The minimum absolute atomic E-state index is 0.133. The first-order chi connectivity index (χ1) is 6.63. The molecule has 0 amide bonds. The first kappa shape index (κ1) is 8.96. The predicted molar refractivity (Wildman–Crippen MR) is 53.1 cm³/mol. The molecule has 5 nitrogen and oxygen atoms in total. The Morgan fingerprint density at radius 3 is 2.86 bits per heavy atom. The van der Waals surface area contributed by atoms with E-state index in [1.807, 2.05) is 24.6 Å². The van der Waals surface area contributed by atoms with Crippen LogP contribution in [0, 0.1) is 6.92 Å².